The second kappa shape index (κ2) is 81.4. The SMILES string of the molecule is CC/C=C\C/C=C\C/C=C\C/C=C\C/C=C\C/C=C\CCCCCCCCCCCCCCCCCCC(=O)OC(COC(=O)CCCCCCCCCCCCCCCCCCCCCCCCCCCCCCCCCCCCCCCCCC)COC(OCC[N+](C)(C)C)C(=O)O. The van der Waals surface area contributed by atoms with Gasteiger partial charge in [0.15, 0.2) is 6.10 Å². The summed E-state index contributed by atoms with van der Waals surface area (Å²) in [6, 6.07) is 0. The molecule has 2 atom stereocenters. The van der Waals surface area contributed by atoms with Crippen molar-refractivity contribution in [2.45, 2.75) is 444 Å². The summed E-state index contributed by atoms with van der Waals surface area (Å²) in [5.41, 5.74) is 0. The zero-order valence-corrected chi connectivity index (χ0v) is 67.1. The van der Waals surface area contributed by atoms with Gasteiger partial charge in [-0.15, -0.1) is 0 Å². The lowest BCUT2D eigenvalue weighted by molar-refractivity contribution is -0.870. The smallest absolute Gasteiger partial charge is 0.361 e. The number of hydrogen-bond acceptors (Lipinski definition) is 7. The summed E-state index contributed by atoms with van der Waals surface area (Å²) in [5.74, 6) is -1.98. The Hall–Kier alpha value is -3.27. The molecule has 584 valence electrons. The van der Waals surface area contributed by atoms with Crippen LogP contribution in [0.4, 0.5) is 0 Å². The fourth-order valence-corrected chi connectivity index (χ4v) is 13.1. The van der Waals surface area contributed by atoms with E-state index in [1.54, 1.807) is 0 Å². The first-order valence-corrected chi connectivity index (χ1v) is 43.6. The van der Waals surface area contributed by atoms with E-state index in [2.05, 4.69) is 86.8 Å². The molecule has 2 unspecified atom stereocenters. The number of aliphatic carboxylic acids is 1. The van der Waals surface area contributed by atoms with Crippen LogP contribution in [0.5, 0.6) is 0 Å². The number of nitrogens with zero attached hydrogens (tertiary/aromatic N) is 1. The number of unbranched alkanes of at least 4 members (excludes halogenated alkanes) is 55. The summed E-state index contributed by atoms with van der Waals surface area (Å²) in [7, 11) is 6.00. The van der Waals surface area contributed by atoms with Crippen LogP contribution in [0.2, 0.25) is 0 Å². The molecule has 0 aliphatic carbocycles. The Morgan fingerprint density at radius 1 is 0.310 bits per heavy atom. The Bertz CT molecular complexity index is 1880. The van der Waals surface area contributed by atoms with Crippen LogP contribution in [0.3, 0.4) is 0 Å². The van der Waals surface area contributed by atoms with E-state index in [9.17, 15) is 19.5 Å². The third-order valence-corrected chi connectivity index (χ3v) is 19.7. The van der Waals surface area contributed by atoms with Crippen molar-refractivity contribution in [3.8, 4) is 0 Å². The molecule has 0 aliphatic rings. The van der Waals surface area contributed by atoms with Gasteiger partial charge in [0, 0.05) is 12.8 Å². The van der Waals surface area contributed by atoms with Gasteiger partial charge < -0.3 is 28.5 Å². The molecule has 0 heterocycles. The van der Waals surface area contributed by atoms with E-state index in [0.717, 1.165) is 77.0 Å². The second-order valence-electron chi connectivity index (χ2n) is 30.8. The highest BCUT2D eigenvalue weighted by Crippen LogP contribution is 2.21. The number of likely N-dealkylation sites (N-methyl/N-ethyl adjacent to an activating group) is 1. The average molecular weight is 1400 g/mol. The summed E-state index contributed by atoms with van der Waals surface area (Å²) in [4.78, 5) is 37.8. The Balaban J connectivity index is 3.93. The third-order valence-electron chi connectivity index (χ3n) is 19.7. The van der Waals surface area contributed by atoms with E-state index in [4.69, 9.17) is 18.9 Å². The van der Waals surface area contributed by atoms with Gasteiger partial charge in [-0.25, -0.2) is 4.79 Å². The van der Waals surface area contributed by atoms with E-state index >= 15 is 0 Å². The minimum absolute atomic E-state index is 0.178. The molecule has 0 saturated carbocycles. The van der Waals surface area contributed by atoms with Crippen molar-refractivity contribution in [2.24, 2.45) is 0 Å². The molecule has 9 nitrogen and oxygen atoms in total. The molecule has 0 aromatic rings. The number of carbonyl (C=O) groups is 3. The lowest BCUT2D eigenvalue weighted by Gasteiger charge is -2.25. The first-order chi connectivity index (χ1) is 49.1. The van der Waals surface area contributed by atoms with Crippen molar-refractivity contribution in [2.75, 3.05) is 47.5 Å². The van der Waals surface area contributed by atoms with E-state index in [-0.39, 0.29) is 38.2 Å². The normalized spacial score (nSPS) is 12.9. The molecule has 0 spiro atoms. The summed E-state index contributed by atoms with van der Waals surface area (Å²) >= 11 is 0. The van der Waals surface area contributed by atoms with Gasteiger partial charge in [-0.3, -0.25) is 9.59 Å². The molecule has 0 radical (unpaired) electrons. The molecule has 0 rings (SSSR count). The Morgan fingerprint density at radius 2 is 0.570 bits per heavy atom. The highest BCUT2D eigenvalue weighted by molar-refractivity contribution is 5.71. The van der Waals surface area contributed by atoms with Crippen molar-refractivity contribution >= 4 is 17.9 Å². The first-order valence-electron chi connectivity index (χ1n) is 43.6. The lowest BCUT2D eigenvalue weighted by Crippen LogP contribution is -2.40. The van der Waals surface area contributed by atoms with Crippen molar-refractivity contribution < 1.29 is 42.9 Å². The largest absolute Gasteiger partial charge is 0.477 e. The number of ether oxygens (including phenoxy) is 4. The van der Waals surface area contributed by atoms with Crippen LogP contribution in [0.15, 0.2) is 72.9 Å². The van der Waals surface area contributed by atoms with E-state index < -0.39 is 18.4 Å². The third kappa shape index (κ3) is 82.0. The molecule has 0 amide bonds. The minimum atomic E-state index is -1.51. The molecular formula is C91H168NO8+. The standard InChI is InChI=1S/C91H167NO8/c1-6-8-10-12-14-16-18-20-22-24-26-28-30-32-34-36-38-40-42-43-44-45-46-48-49-51-53-55-57-59-61-63-65-67-69-71-73-75-77-79-81-88(93)98-85-87(86-99-91(90(95)96)97-84-83-92(3,4)5)100-89(94)82-80-78-76-74-72-70-68-66-64-62-60-58-56-54-52-50-47-41-39-37-35-33-31-29-27-25-23-21-19-17-15-13-11-9-7-2/h9,11,15,17,21,23,27,29,33,35,39,41,87,91H,6-8,10,12-14,16,18-20,22,24-26,28,30-32,34,36-38,40,42-86H2,1-5H3/p+1/b11-9-,17-15-,23-21-,29-27-,35-33-,41-39-. The number of hydrogen-bond donors (Lipinski definition) is 1. The predicted octanol–water partition coefficient (Wildman–Crippen LogP) is 28.3. The second-order valence-corrected chi connectivity index (χ2v) is 30.8. The molecule has 9 heteroatoms. The lowest BCUT2D eigenvalue weighted by atomic mass is 10.0. The minimum Gasteiger partial charge on any atom is -0.477 e. The highest BCUT2D eigenvalue weighted by Gasteiger charge is 2.25. The molecule has 0 aromatic carbocycles. The zero-order valence-electron chi connectivity index (χ0n) is 67.1. The predicted molar refractivity (Wildman–Crippen MR) is 433 cm³/mol. The molecule has 0 bridgehead atoms. The highest BCUT2D eigenvalue weighted by atomic mass is 16.7. The first kappa shape index (κ1) is 96.7. The van der Waals surface area contributed by atoms with Crippen LogP contribution in [0.1, 0.15) is 431 Å². The molecule has 0 saturated heterocycles. The number of quaternary nitrogens is 1. The van der Waals surface area contributed by atoms with Gasteiger partial charge >= 0.3 is 17.9 Å². The maximum atomic E-state index is 13.0. The molecule has 0 fully saturated rings. The monoisotopic (exact) mass is 1400 g/mol. The van der Waals surface area contributed by atoms with E-state index in [1.165, 1.54) is 327 Å². The van der Waals surface area contributed by atoms with Crippen molar-refractivity contribution in [3.63, 3.8) is 0 Å². The molecule has 1 N–H and O–H groups in total. The van der Waals surface area contributed by atoms with Crippen LogP contribution in [-0.4, -0.2) is 87.4 Å². The summed E-state index contributed by atoms with van der Waals surface area (Å²) < 4.78 is 23.1. The van der Waals surface area contributed by atoms with Gasteiger partial charge in [0.05, 0.1) is 34.4 Å². The van der Waals surface area contributed by atoms with E-state index in [1.807, 2.05) is 21.1 Å². The van der Waals surface area contributed by atoms with Crippen molar-refractivity contribution in [1.82, 2.24) is 0 Å². The van der Waals surface area contributed by atoms with Gasteiger partial charge in [-0.1, -0.05) is 427 Å². The van der Waals surface area contributed by atoms with Gasteiger partial charge in [0.2, 0.25) is 0 Å². The van der Waals surface area contributed by atoms with Crippen LogP contribution < -0.4 is 0 Å². The zero-order chi connectivity index (χ0) is 72.5. The van der Waals surface area contributed by atoms with Gasteiger partial charge in [0.25, 0.3) is 6.29 Å². The van der Waals surface area contributed by atoms with Crippen LogP contribution >= 0.6 is 0 Å². The van der Waals surface area contributed by atoms with Crippen LogP contribution in [0.25, 0.3) is 0 Å². The van der Waals surface area contributed by atoms with Crippen LogP contribution in [-0.2, 0) is 33.3 Å². The summed E-state index contributed by atoms with van der Waals surface area (Å²) in [5, 5.41) is 9.79. The van der Waals surface area contributed by atoms with Gasteiger partial charge in [-0.05, 0) is 64.2 Å². The maximum absolute atomic E-state index is 13.0. The Labute approximate surface area is 621 Å². The average Bonchev–Trinajstić information content (AvgIpc) is 1.67. The molecule has 100 heavy (non-hydrogen) atoms. The van der Waals surface area contributed by atoms with Crippen molar-refractivity contribution in [3.05, 3.63) is 72.9 Å². The van der Waals surface area contributed by atoms with Crippen molar-refractivity contribution in [1.29, 1.82) is 0 Å². The number of carbonyl (C=O) groups excluding carboxylic acids is 2. The Morgan fingerprint density at radius 3 is 0.850 bits per heavy atom. The molecule has 0 aromatic heterocycles. The van der Waals surface area contributed by atoms with E-state index in [0.29, 0.717) is 17.4 Å². The number of carboxylic acid groups (broad SMARTS) is 1. The fourth-order valence-electron chi connectivity index (χ4n) is 13.1. The summed E-state index contributed by atoms with van der Waals surface area (Å²) in [6.07, 6.45) is 108. The fraction of sp³-hybridized carbons (Fsp3) is 0.835. The number of allylic oxidation sites excluding steroid dienone is 12. The summed E-state index contributed by atoms with van der Waals surface area (Å²) in [6.45, 7) is 4.84. The van der Waals surface area contributed by atoms with Gasteiger partial charge in [0.1, 0.15) is 13.2 Å². The van der Waals surface area contributed by atoms with Crippen LogP contribution in [0, 0.1) is 0 Å². The number of carboxylic acids is 1. The number of esters is 2. The van der Waals surface area contributed by atoms with Gasteiger partial charge in [-0.2, -0.15) is 0 Å². The topological polar surface area (TPSA) is 108 Å². The Kier molecular flexibility index (Phi) is 78.7. The molecule has 0 aliphatic heterocycles. The molecular weight excluding hydrogens is 1230 g/mol. The quantitative estimate of drug-likeness (QED) is 0.0211. The maximum Gasteiger partial charge on any atom is 0.361 e. The number of rotatable bonds is 82.